The summed E-state index contributed by atoms with van der Waals surface area (Å²) in [4.78, 5) is 23.9. The van der Waals surface area contributed by atoms with Crippen molar-refractivity contribution in [3.8, 4) is 5.75 Å². The number of halogens is 1. The van der Waals surface area contributed by atoms with Gasteiger partial charge in [0.1, 0.15) is 6.54 Å². The third-order valence-electron chi connectivity index (χ3n) is 5.42. The minimum atomic E-state index is -3.57. The molecular formula is C21H28FN3O5S. The molecule has 1 aliphatic heterocycles. The summed E-state index contributed by atoms with van der Waals surface area (Å²) in [5.74, 6) is -0.339. The summed E-state index contributed by atoms with van der Waals surface area (Å²) in [6, 6.07) is 3.39. The van der Waals surface area contributed by atoms with Crippen molar-refractivity contribution in [1.82, 2.24) is 14.9 Å². The van der Waals surface area contributed by atoms with Gasteiger partial charge >= 0.3 is 6.03 Å². The average molecular weight is 454 g/mol. The number of nitrogens with zero attached hydrogens (tertiary/aromatic N) is 1. The van der Waals surface area contributed by atoms with E-state index in [9.17, 15) is 22.4 Å². The molecule has 1 heterocycles. The van der Waals surface area contributed by atoms with E-state index < -0.39 is 27.9 Å². The van der Waals surface area contributed by atoms with Crippen LogP contribution in [0.2, 0.25) is 0 Å². The first-order chi connectivity index (χ1) is 14.7. The third kappa shape index (κ3) is 6.76. The van der Waals surface area contributed by atoms with Crippen LogP contribution in [0.5, 0.6) is 5.75 Å². The lowest BCUT2D eigenvalue weighted by atomic mass is 9.86. The van der Waals surface area contributed by atoms with E-state index in [4.69, 9.17) is 4.74 Å². The molecule has 8 nitrogen and oxygen atoms in total. The van der Waals surface area contributed by atoms with Gasteiger partial charge in [0.05, 0.1) is 12.4 Å². The summed E-state index contributed by atoms with van der Waals surface area (Å²) >= 11 is 0. The number of hydrogen-bond donors (Lipinski definition) is 2. The molecule has 1 saturated carbocycles. The van der Waals surface area contributed by atoms with Crippen LogP contribution in [0.3, 0.4) is 0 Å². The van der Waals surface area contributed by atoms with E-state index in [0.717, 1.165) is 12.8 Å². The van der Waals surface area contributed by atoms with Gasteiger partial charge in [0.25, 0.3) is 0 Å². The van der Waals surface area contributed by atoms with Crippen molar-refractivity contribution < 1.29 is 27.1 Å². The highest BCUT2D eigenvalue weighted by Gasteiger charge is 2.25. The summed E-state index contributed by atoms with van der Waals surface area (Å²) in [6.07, 6.45) is 6.93. The Labute approximate surface area is 181 Å². The van der Waals surface area contributed by atoms with Crippen LogP contribution in [-0.4, -0.2) is 50.7 Å². The van der Waals surface area contributed by atoms with Crippen molar-refractivity contribution in [2.75, 3.05) is 25.4 Å². The minimum absolute atomic E-state index is 0.00453. The maximum Gasteiger partial charge on any atom is 0.324 e. The summed E-state index contributed by atoms with van der Waals surface area (Å²) < 4.78 is 47.0. The molecule has 3 amide bonds. The molecule has 0 unspecified atom stereocenters. The molecular weight excluding hydrogens is 425 g/mol. The topological polar surface area (TPSA) is 105 Å². The van der Waals surface area contributed by atoms with E-state index in [1.165, 1.54) is 17.4 Å². The van der Waals surface area contributed by atoms with Gasteiger partial charge in [-0.25, -0.2) is 22.3 Å². The van der Waals surface area contributed by atoms with Gasteiger partial charge in [-0.05, 0) is 49.8 Å². The molecule has 1 saturated heterocycles. The van der Waals surface area contributed by atoms with Crippen LogP contribution >= 0.6 is 0 Å². The summed E-state index contributed by atoms with van der Waals surface area (Å²) in [5.41, 5.74) is 0.619. The highest BCUT2D eigenvalue weighted by atomic mass is 32.2. The average Bonchev–Trinajstić information content (AvgIpc) is 2.98. The zero-order valence-corrected chi connectivity index (χ0v) is 18.3. The normalized spacial score (nSPS) is 18.3. The number of rotatable bonds is 11. The van der Waals surface area contributed by atoms with E-state index in [1.54, 1.807) is 31.2 Å². The maximum absolute atomic E-state index is 14.0. The third-order valence-corrected chi connectivity index (χ3v) is 6.91. The van der Waals surface area contributed by atoms with E-state index in [2.05, 4.69) is 10.0 Å². The molecule has 2 aliphatic rings. The number of hydrogen-bond acceptors (Lipinski definition) is 5. The highest BCUT2D eigenvalue weighted by Crippen LogP contribution is 2.29. The van der Waals surface area contributed by atoms with Crippen molar-refractivity contribution in [2.24, 2.45) is 5.92 Å². The first-order valence-electron chi connectivity index (χ1n) is 10.4. The Hall–Kier alpha value is -2.46. The van der Waals surface area contributed by atoms with E-state index >= 15 is 0 Å². The number of carbonyl (C=O) groups excluding carboxylic acids is 2. The fourth-order valence-electron chi connectivity index (χ4n) is 3.34. The number of nitrogens with one attached hydrogen (secondary N) is 2. The van der Waals surface area contributed by atoms with Crippen LogP contribution in [0.15, 0.2) is 30.4 Å². The van der Waals surface area contributed by atoms with Crippen LogP contribution in [0.4, 0.5) is 9.18 Å². The molecule has 170 valence electrons. The molecule has 0 aromatic heterocycles. The van der Waals surface area contributed by atoms with Crippen molar-refractivity contribution in [3.63, 3.8) is 0 Å². The van der Waals surface area contributed by atoms with Gasteiger partial charge in [-0.15, -0.1) is 0 Å². The summed E-state index contributed by atoms with van der Waals surface area (Å²) in [7, 11) is -3.57. The number of allylic oxidation sites excluding steroid dienone is 1. The molecule has 1 aromatic rings. The van der Waals surface area contributed by atoms with Gasteiger partial charge < -0.3 is 9.64 Å². The molecule has 0 radical (unpaired) electrons. The highest BCUT2D eigenvalue weighted by molar-refractivity contribution is 7.89. The van der Waals surface area contributed by atoms with Gasteiger partial charge in [0, 0.05) is 12.6 Å². The fourth-order valence-corrected chi connectivity index (χ4v) is 4.58. The Morgan fingerprint density at radius 2 is 2.10 bits per heavy atom. The summed E-state index contributed by atoms with van der Waals surface area (Å²) in [6.45, 7) is 2.41. The molecule has 2 N–H and O–H groups in total. The predicted molar refractivity (Wildman–Crippen MR) is 113 cm³/mol. The second kappa shape index (κ2) is 10.2. The van der Waals surface area contributed by atoms with Crippen LogP contribution in [-0.2, 0) is 14.8 Å². The zero-order valence-electron chi connectivity index (χ0n) is 17.5. The molecule has 10 heteroatoms. The molecule has 0 spiro atoms. The number of amides is 3. The minimum Gasteiger partial charge on any atom is -0.490 e. The Bertz CT molecular complexity index is 946. The van der Waals surface area contributed by atoms with E-state index in [1.807, 2.05) is 0 Å². The monoisotopic (exact) mass is 453 g/mol. The summed E-state index contributed by atoms with van der Waals surface area (Å²) in [5, 5.41) is 2.17. The van der Waals surface area contributed by atoms with Gasteiger partial charge in [-0.2, -0.15) is 0 Å². The quantitative estimate of drug-likeness (QED) is 0.396. The predicted octanol–water partition coefficient (Wildman–Crippen LogP) is 2.48. The fraction of sp³-hybridized carbons (Fsp3) is 0.524. The van der Waals surface area contributed by atoms with Crippen LogP contribution in [0.25, 0.3) is 0 Å². The van der Waals surface area contributed by atoms with Crippen LogP contribution in [0.1, 0.15) is 44.2 Å². The lowest BCUT2D eigenvalue weighted by Crippen LogP contribution is -2.29. The van der Waals surface area contributed by atoms with E-state index in [-0.39, 0.29) is 36.9 Å². The second-order valence-electron chi connectivity index (χ2n) is 7.95. The van der Waals surface area contributed by atoms with Crippen LogP contribution < -0.4 is 14.8 Å². The van der Waals surface area contributed by atoms with Crippen molar-refractivity contribution in [3.05, 3.63) is 41.7 Å². The lowest BCUT2D eigenvalue weighted by Gasteiger charge is -2.25. The number of benzene rings is 1. The number of sulfonamides is 1. The zero-order chi connectivity index (χ0) is 22.4. The smallest absolute Gasteiger partial charge is 0.324 e. The molecule has 31 heavy (non-hydrogen) atoms. The molecule has 0 bridgehead atoms. The van der Waals surface area contributed by atoms with Crippen molar-refractivity contribution in [1.29, 1.82) is 0 Å². The van der Waals surface area contributed by atoms with E-state index in [0.29, 0.717) is 18.1 Å². The van der Waals surface area contributed by atoms with Crippen LogP contribution in [0, 0.1) is 11.7 Å². The Kier molecular flexibility index (Phi) is 7.66. The largest absolute Gasteiger partial charge is 0.490 e. The lowest BCUT2D eigenvalue weighted by molar-refractivity contribution is -0.118. The van der Waals surface area contributed by atoms with Gasteiger partial charge in [-0.1, -0.05) is 24.6 Å². The molecule has 1 atom stereocenters. The van der Waals surface area contributed by atoms with Gasteiger partial charge in [-0.3, -0.25) is 10.1 Å². The maximum atomic E-state index is 14.0. The Morgan fingerprint density at radius 1 is 1.32 bits per heavy atom. The Morgan fingerprint density at radius 3 is 2.74 bits per heavy atom. The molecule has 3 rings (SSSR count). The Balaban J connectivity index is 1.47. The van der Waals surface area contributed by atoms with Gasteiger partial charge in [0.15, 0.2) is 11.6 Å². The molecule has 2 fully saturated rings. The number of ether oxygens (including phenoxy) is 1. The SMILES string of the molecule is C[C@@H](NS(=O)(=O)CC/C=C/CN1CC(=O)NC1=O)c1ccc(F)c(OCC2CCC2)c1. The number of urea groups is 1. The first kappa shape index (κ1) is 23.2. The first-order valence-corrected chi connectivity index (χ1v) is 12.0. The van der Waals surface area contributed by atoms with Crippen molar-refractivity contribution >= 4 is 22.0 Å². The van der Waals surface area contributed by atoms with Crippen molar-refractivity contribution in [2.45, 2.75) is 38.6 Å². The second-order valence-corrected chi connectivity index (χ2v) is 9.82. The molecule has 1 aromatic carbocycles. The number of imide groups is 1. The standard InChI is InChI=1S/C21H28FN3O5S/c1-15(17-8-9-18(22)19(12-17)30-14-16-6-5-7-16)24-31(28,29)11-4-2-3-10-25-13-20(26)23-21(25)27/h2-3,8-9,12,15-16,24H,4-7,10-11,13-14H2,1H3,(H,23,26,27)/b3-2+/t15-/m1/s1. The number of carbonyl (C=O) groups is 2. The molecule has 1 aliphatic carbocycles. The van der Waals surface area contributed by atoms with Gasteiger partial charge in [0.2, 0.25) is 15.9 Å².